The van der Waals surface area contributed by atoms with Gasteiger partial charge in [0.15, 0.2) is 5.16 Å². The van der Waals surface area contributed by atoms with Crippen molar-refractivity contribution < 1.29 is 0 Å². The number of aromatic amines is 1. The summed E-state index contributed by atoms with van der Waals surface area (Å²) in [5.41, 5.74) is 8.39. The number of hydrogen-bond donors (Lipinski definition) is 2. The maximum Gasteiger partial charge on any atom is 0.171 e. The van der Waals surface area contributed by atoms with Gasteiger partial charge in [-0.25, -0.2) is 4.98 Å². The Morgan fingerprint density at radius 1 is 1.11 bits per heavy atom. The molecule has 0 fully saturated rings. The summed E-state index contributed by atoms with van der Waals surface area (Å²) in [5.74, 6) is 0. The molecule has 1 heterocycles. The minimum atomic E-state index is 0.742. The average molecular weight is 320 g/mol. The Labute approximate surface area is 117 Å². The third-order valence-corrected chi connectivity index (χ3v) is 3.94. The van der Waals surface area contributed by atoms with Crippen LogP contribution in [-0.2, 0) is 0 Å². The third-order valence-electron chi connectivity index (χ3n) is 2.51. The molecule has 3 N–H and O–H groups in total. The van der Waals surface area contributed by atoms with Gasteiger partial charge in [0, 0.05) is 15.1 Å². The fraction of sp³-hybridized carbons (Fsp3) is 0. The van der Waals surface area contributed by atoms with Crippen LogP contribution in [-0.4, -0.2) is 9.97 Å². The van der Waals surface area contributed by atoms with Crippen LogP contribution >= 0.6 is 27.7 Å². The predicted octanol–water partition coefficient (Wildman–Crippen LogP) is 4.06. The van der Waals surface area contributed by atoms with Gasteiger partial charge in [0.2, 0.25) is 0 Å². The van der Waals surface area contributed by atoms with Crippen LogP contribution in [0.5, 0.6) is 0 Å². The lowest BCUT2D eigenvalue weighted by Crippen LogP contribution is -1.82. The Hall–Kier alpha value is -1.46. The summed E-state index contributed by atoms with van der Waals surface area (Å²) in [6.07, 6.45) is 0. The Kier molecular flexibility index (Phi) is 3.01. The van der Waals surface area contributed by atoms with Gasteiger partial charge in [0.1, 0.15) is 0 Å². The summed E-state index contributed by atoms with van der Waals surface area (Å²) < 4.78 is 1.07. The Bertz CT molecular complexity index is 691. The van der Waals surface area contributed by atoms with E-state index in [0.29, 0.717) is 0 Å². The molecular weight excluding hydrogens is 310 g/mol. The zero-order valence-electron chi connectivity index (χ0n) is 9.35. The molecule has 3 nitrogen and oxygen atoms in total. The number of rotatable bonds is 2. The van der Waals surface area contributed by atoms with Gasteiger partial charge in [-0.2, -0.15) is 0 Å². The van der Waals surface area contributed by atoms with Crippen molar-refractivity contribution in [2.75, 3.05) is 5.73 Å². The molecule has 1 aromatic heterocycles. The number of fused-ring (bicyclic) bond motifs is 1. The molecule has 2 aromatic carbocycles. The topological polar surface area (TPSA) is 54.7 Å². The zero-order valence-corrected chi connectivity index (χ0v) is 11.8. The fourth-order valence-corrected chi connectivity index (χ4v) is 2.73. The molecule has 0 radical (unpaired) electrons. The lowest BCUT2D eigenvalue weighted by molar-refractivity contribution is 1.08. The average Bonchev–Trinajstić information content (AvgIpc) is 2.73. The molecule has 0 aliphatic rings. The van der Waals surface area contributed by atoms with Gasteiger partial charge in [-0.15, -0.1) is 0 Å². The van der Waals surface area contributed by atoms with Crippen LogP contribution < -0.4 is 5.73 Å². The molecule has 0 aliphatic carbocycles. The van der Waals surface area contributed by atoms with E-state index in [0.717, 1.165) is 31.2 Å². The Balaban J connectivity index is 1.92. The molecule has 0 amide bonds. The van der Waals surface area contributed by atoms with Gasteiger partial charge in [0.25, 0.3) is 0 Å². The first-order valence-electron chi connectivity index (χ1n) is 5.39. The first-order valence-corrected chi connectivity index (χ1v) is 7.00. The normalized spacial score (nSPS) is 10.9. The van der Waals surface area contributed by atoms with E-state index < -0.39 is 0 Å². The number of hydrogen-bond acceptors (Lipinski definition) is 3. The number of nitrogen functional groups attached to an aromatic ring is 1. The highest BCUT2D eigenvalue weighted by molar-refractivity contribution is 9.10. The molecule has 0 atom stereocenters. The van der Waals surface area contributed by atoms with Crippen LogP contribution in [0.3, 0.4) is 0 Å². The Morgan fingerprint density at radius 2 is 1.89 bits per heavy atom. The van der Waals surface area contributed by atoms with Crippen LogP contribution in [0.25, 0.3) is 11.0 Å². The number of anilines is 1. The summed E-state index contributed by atoms with van der Waals surface area (Å²) >= 11 is 5.02. The van der Waals surface area contributed by atoms with Crippen molar-refractivity contribution in [3.8, 4) is 0 Å². The largest absolute Gasteiger partial charge is 0.399 e. The second-order valence-corrected chi connectivity index (χ2v) is 5.85. The van der Waals surface area contributed by atoms with Crippen molar-refractivity contribution in [1.29, 1.82) is 0 Å². The van der Waals surface area contributed by atoms with Gasteiger partial charge >= 0.3 is 0 Å². The number of nitrogens with zero attached hydrogens (tertiary/aromatic N) is 1. The highest BCUT2D eigenvalue weighted by Gasteiger charge is 2.04. The van der Waals surface area contributed by atoms with Crippen molar-refractivity contribution in [1.82, 2.24) is 9.97 Å². The number of H-pyrrole nitrogens is 1. The van der Waals surface area contributed by atoms with Crippen LogP contribution in [0.15, 0.2) is 57.0 Å². The molecule has 3 rings (SSSR count). The minimum Gasteiger partial charge on any atom is -0.399 e. The van der Waals surface area contributed by atoms with Crippen LogP contribution in [0.2, 0.25) is 0 Å². The summed E-state index contributed by atoms with van der Waals surface area (Å²) in [7, 11) is 0. The van der Waals surface area contributed by atoms with Crippen molar-refractivity contribution in [3.63, 3.8) is 0 Å². The molecule has 5 heteroatoms. The SMILES string of the molecule is Nc1ccc2nc(Sc3ccc(Br)cc3)[nH]c2c1. The van der Waals surface area contributed by atoms with Crippen molar-refractivity contribution in [3.05, 3.63) is 46.9 Å². The van der Waals surface area contributed by atoms with Crippen LogP contribution in [0.4, 0.5) is 5.69 Å². The van der Waals surface area contributed by atoms with Gasteiger partial charge in [-0.1, -0.05) is 27.7 Å². The van der Waals surface area contributed by atoms with Gasteiger partial charge in [-0.05, 0) is 42.5 Å². The van der Waals surface area contributed by atoms with Gasteiger partial charge < -0.3 is 10.7 Å². The molecule has 0 saturated carbocycles. The molecule has 90 valence electrons. The van der Waals surface area contributed by atoms with E-state index >= 15 is 0 Å². The standard InChI is InChI=1S/C13H10BrN3S/c14-8-1-4-10(5-2-8)18-13-16-11-6-3-9(15)7-12(11)17-13/h1-7H,15H2,(H,16,17). The zero-order chi connectivity index (χ0) is 12.5. The van der Waals surface area contributed by atoms with E-state index in [1.54, 1.807) is 11.8 Å². The number of halogens is 1. The van der Waals surface area contributed by atoms with E-state index in [9.17, 15) is 0 Å². The molecular formula is C13H10BrN3S. The molecule has 18 heavy (non-hydrogen) atoms. The molecule has 0 spiro atoms. The quantitative estimate of drug-likeness (QED) is 0.700. The predicted molar refractivity (Wildman–Crippen MR) is 78.8 cm³/mol. The van der Waals surface area contributed by atoms with Crippen LogP contribution in [0, 0.1) is 0 Å². The maximum absolute atomic E-state index is 5.74. The van der Waals surface area contributed by atoms with Crippen LogP contribution in [0.1, 0.15) is 0 Å². The minimum absolute atomic E-state index is 0.742. The molecule has 0 bridgehead atoms. The lowest BCUT2D eigenvalue weighted by atomic mass is 10.3. The summed E-state index contributed by atoms with van der Waals surface area (Å²) in [5, 5.41) is 0.873. The van der Waals surface area contributed by atoms with Crippen molar-refractivity contribution >= 4 is 44.4 Å². The maximum atomic E-state index is 5.74. The van der Waals surface area contributed by atoms with E-state index in [1.807, 2.05) is 30.3 Å². The first kappa shape index (κ1) is 11.6. The smallest absolute Gasteiger partial charge is 0.171 e. The molecule has 0 unspecified atom stereocenters. The first-order chi connectivity index (χ1) is 8.70. The van der Waals surface area contributed by atoms with E-state index in [1.165, 1.54) is 0 Å². The second-order valence-electron chi connectivity index (χ2n) is 3.87. The third kappa shape index (κ3) is 2.37. The van der Waals surface area contributed by atoms with E-state index in [-0.39, 0.29) is 0 Å². The summed E-state index contributed by atoms with van der Waals surface area (Å²) in [4.78, 5) is 8.92. The number of benzene rings is 2. The lowest BCUT2D eigenvalue weighted by Gasteiger charge is -1.97. The summed E-state index contributed by atoms with van der Waals surface area (Å²) in [6.45, 7) is 0. The van der Waals surface area contributed by atoms with E-state index in [2.05, 4.69) is 38.0 Å². The molecule has 0 saturated heterocycles. The van der Waals surface area contributed by atoms with Gasteiger partial charge in [-0.3, -0.25) is 0 Å². The summed E-state index contributed by atoms with van der Waals surface area (Å²) in [6, 6.07) is 13.8. The van der Waals surface area contributed by atoms with Gasteiger partial charge in [0.05, 0.1) is 11.0 Å². The highest BCUT2D eigenvalue weighted by atomic mass is 79.9. The molecule has 3 aromatic rings. The molecule has 0 aliphatic heterocycles. The van der Waals surface area contributed by atoms with Crippen molar-refractivity contribution in [2.24, 2.45) is 0 Å². The number of nitrogens with two attached hydrogens (primary N) is 1. The fourth-order valence-electron chi connectivity index (χ4n) is 1.67. The van der Waals surface area contributed by atoms with E-state index in [4.69, 9.17) is 5.73 Å². The Morgan fingerprint density at radius 3 is 2.67 bits per heavy atom. The monoisotopic (exact) mass is 319 g/mol. The number of imidazole rings is 1. The second kappa shape index (κ2) is 4.66. The van der Waals surface area contributed by atoms with Crippen molar-refractivity contribution in [2.45, 2.75) is 10.1 Å². The highest BCUT2D eigenvalue weighted by Crippen LogP contribution is 2.28. The number of aromatic nitrogens is 2. The number of nitrogens with one attached hydrogen (secondary N) is 1.